The van der Waals surface area contributed by atoms with Gasteiger partial charge in [0.2, 0.25) is 5.91 Å². The zero-order valence-corrected chi connectivity index (χ0v) is 20.0. The number of ether oxygens (including phenoxy) is 1. The first-order chi connectivity index (χ1) is 14.4. The van der Waals surface area contributed by atoms with Crippen molar-refractivity contribution in [1.29, 1.82) is 0 Å². The van der Waals surface area contributed by atoms with Crippen LogP contribution in [0.3, 0.4) is 0 Å². The van der Waals surface area contributed by atoms with E-state index in [1.54, 1.807) is 22.3 Å². The van der Waals surface area contributed by atoms with Crippen LogP contribution in [0.25, 0.3) is 0 Å². The lowest BCUT2D eigenvalue weighted by Crippen LogP contribution is -2.45. The van der Waals surface area contributed by atoms with Crippen molar-refractivity contribution in [2.75, 3.05) is 19.6 Å². The highest BCUT2D eigenvalue weighted by Gasteiger charge is 2.32. The van der Waals surface area contributed by atoms with E-state index >= 15 is 0 Å². The smallest absolute Gasteiger partial charge is 0.405 e. The third kappa shape index (κ3) is 7.56. The van der Waals surface area contributed by atoms with Crippen LogP contribution in [0, 0.1) is 0 Å². The maximum absolute atomic E-state index is 12.6. The molecule has 1 aromatic heterocycles. The maximum Gasteiger partial charge on any atom is 0.573 e. The van der Waals surface area contributed by atoms with Crippen molar-refractivity contribution in [2.45, 2.75) is 32.8 Å². The second-order valence-electron chi connectivity index (χ2n) is 6.64. The summed E-state index contributed by atoms with van der Waals surface area (Å²) in [5.41, 5.74) is 1.47. The number of rotatable bonds is 6. The molecule has 6 nitrogen and oxygen atoms in total. The van der Waals surface area contributed by atoms with Gasteiger partial charge in [-0.25, -0.2) is 4.99 Å². The number of nitrogens with zero attached hydrogens (tertiary/aromatic N) is 2. The molecule has 2 N–H and O–H groups in total. The summed E-state index contributed by atoms with van der Waals surface area (Å²) < 4.78 is 41.8. The molecule has 0 saturated carbocycles. The molecule has 1 aliphatic rings. The Bertz CT molecular complexity index is 905. The van der Waals surface area contributed by atoms with Crippen molar-refractivity contribution < 1.29 is 22.7 Å². The number of carbonyl (C=O) groups excluding carboxylic acids is 1. The molecular weight excluding hydrogens is 544 g/mol. The first-order valence-electron chi connectivity index (χ1n) is 9.54. The van der Waals surface area contributed by atoms with Crippen molar-refractivity contribution in [2.24, 2.45) is 4.99 Å². The van der Waals surface area contributed by atoms with Gasteiger partial charge in [-0.05, 0) is 36.4 Å². The van der Waals surface area contributed by atoms with Crippen LogP contribution in [0.2, 0.25) is 0 Å². The molecule has 0 unspecified atom stereocenters. The summed E-state index contributed by atoms with van der Waals surface area (Å²) in [6.45, 7) is 3.69. The predicted molar refractivity (Wildman–Crippen MR) is 125 cm³/mol. The van der Waals surface area contributed by atoms with Gasteiger partial charge < -0.3 is 20.3 Å². The van der Waals surface area contributed by atoms with Crippen LogP contribution in [0.4, 0.5) is 13.2 Å². The number of thiophene rings is 1. The summed E-state index contributed by atoms with van der Waals surface area (Å²) in [5, 5.41) is 7.99. The van der Waals surface area contributed by atoms with Gasteiger partial charge in [0, 0.05) is 30.1 Å². The fourth-order valence-corrected chi connectivity index (χ4v) is 3.99. The Morgan fingerprint density at radius 1 is 1.26 bits per heavy atom. The van der Waals surface area contributed by atoms with Crippen LogP contribution < -0.4 is 15.4 Å². The number of hydrogen-bond acceptors (Lipinski definition) is 4. The van der Waals surface area contributed by atoms with Crippen LogP contribution in [-0.4, -0.2) is 42.8 Å². The summed E-state index contributed by atoms with van der Waals surface area (Å²) in [5.74, 6) is -0.000268. The van der Waals surface area contributed by atoms with E-state index in [2.05, 4.69) is 20.4 Å². The first-order valence-corrected chi connectivity index (χ1v) is 10.4. The molecule has 2 heterocycles. The molecule has 1 aliphatic heterocycles. The highest BCUT2D eigenvalue weighted by atomic mass is 127. The Balaban J connectivity index is 0.00000341. The minimum Gasteiger partial charge on any atom is -0.405 e. The third-order valence-electron chi connectivity index (χ3n) is 4.52. The molecule has 0 radical (unpaired) electrons. The van der Waals surface area contributed by atoms with E-state index in [9.17, 15) is 18.0 Å². The summed E-state index contributed by atoms with van der Waals surface area (Å²) in [6, 6.07) is 7.89. The average Bonchev–Trinajstić information content (AvgIpc) is 3.17. The standard InChI is InChI=1S/C20H23F3N4O2S.HI/c1-2-24-19(25-11-14-5-3-4-6-16(14)29-20(21,22)23)26-12-18(28)27-9-7-17-15(13-27)8-10-30-17;/h3-6,8,10H,2,7,9,11-13H2,1H3,(H2,24,25,26);1H. The monoisotopic (exact) mass is 568 g/mol. The minimum atomic E-state index is -4.77. The van der Waals surface area contributed by atoms with Crippen molar-refractivity contribution in [1.82, 2.24) is 15.5 Å². The van der Waals surface area contributed by atoms with Gasteiger partial charge in [0.15, 0.2) is 5.96 Å². The van der Waals surface area contributed by atoms with E-state index in [1.165, 1.54) is 28.6 Å². The van der Waals surface area contributed by atoms with Crippen molar-refractivity contribution >= 4 is 47.2 Å². The van der Waals surface area contributed by atoms with Gasteiger partial charge in [-0.3, -0.25) is 4.79 Å². The molecular formula is C20H24F3IN4O2S. The first kappa shape index (κ1) is 25.2. The van der Waals surface area contributed by atoms with Crippen LogP contribution >= 0.6 is 35.3 Å². The number of alkyl halides is 3. The van der Waals surface area contributed by atoms with Crippen LogP contribution in [0.15, 0.2) is 40.7 Å². The Hall–Kier alpha value is -2.02. The van der Waals surface area contributed by atoms with Crippen LogP contribution in [0.1, 0.15) is 22.9 Å². The third-order valence-corrected chi connectivity index (χ3v) is 5.54. The largest absolute Gasteiger partial charge is 0.573 e. The Kier molecular flexibility index (Phi) is 9.41. The van der Waals surface area contributed by atoms with E-state index in [-0.39, 0.29) is 48.7 Å². The fraction of sp³-hybridized carbons (Fsp3) is 0.400. The topological polar surface area (TPSA) is 66.0 Å². The number of guanidine groups is 1. The van der Waals surface area contributed by atoms with Crippen LogP contribution in [0.5, 0.6) is 5.75 Å². The molecule has 3 rings (SSSR count). The number of fused-ring (bicyclic) bond motifs is 1. The molecule has 0 saturated heterocycles. The van der Waals surface area contributed by atoms with Gasteiger partial charge in [-0.2, -0.15) is 0 Å². The Labute approximate surface area is 199 Å². The number of benzene rings is 1. The number of para-hydroxylation sites is 1. The second-order valence-corrected chi connectivity index (χ2v) is 7.64. The average molecular weight is 568 g/mol. The van der Waals surface area contributed by atoms with E-state index < -0.39 is 6.36 Å². The second kappa shape index (κ2) is 11.6. The SMILES string of the molecule is CCNC(=NCc1ccccc1OC(F)(F)F)NCC(=O)N1CCc2sccc2C1.I. The van der Waals surface area contributed by atoms with E-state index in [4.69, 9.17) is 0 Å². The maximum atomic E-state index is 12.6. The summed E-state index contributed by atoms with van der Waals surface area (Å²) in [6.07, 6.45) is -3.92. The van der Waals surface area contributed by atoms with E-state index in [1.807, 2.05) is 18.4 Å². The molecule has 0 fully saturated rings. The molecule has 1 aromatic carbocycles. The van der Waals surface area contributed by atoms with Crippen LogP contribution in [-0.2, 0) is 24.3 Å². The molecule has 0 aliphatic carbocycles. The van der Waals surface area contributed by atoms with Gasteiger partial charge in [-0.15, -0.1) is 48.5 Å². The molecule has 170 valence electrons. The van der Waals surface area contributed by atoms with Gasteiger partial charge in [0.05, 0.1) is 13.1 Å². The van der Waals surface area contributed by atoms with Gasteiger partial charge in [-0.1, -0.05) is 18.2 Å². The number of nitrogens with one attached hydrogen (secondary N) is 2. The van der Waals surface area contributed by atoms with Crippen molar-refractivity contribution in [3.63, 3.8) is 0 Å². The minimum absolute atomic E-state index is 0. The molecule has 0 atom stereocenters. The molecule has 2 aromatic rings. The zero-order chi connectivity index (χ0) is 21.6. The number of carbonyl (C=O) groups is 1. The van der Waals surface area contributed by atoms with E-state index in [0.717, 1.165) is 6.42 Å². The van der Waals surface area contributed by atoms with Crippen molar-refractivity contribution in [3.8, 4) is 5.75 Å². The lowest BCUT2D eigenvalue weighted by Gasteiger charge is -2.27. The quantitative estimate of drug-likeness (QED) is 0.315. The zero-order valence-electron chi connectivity index (χ0n) is 16.9. The lowest BCUT2D eigenvalue weighted by atomic mass is 10.1. The summed E-state index contributed by atoms with van der Waals surface area (Å²) >= 11 is 1.71. The number of hydrogen-bond donors (Lipinski definition) is 2. The fourth-order valence-electron chi connectivity index (χ4n) is 3.10. The summed E-state index contributed by atoms with van der Waals surface area (Å²) in [4.78, 5) is 20.0. The predicted octanol–water partition coefficient (Wildman–Crippen LogP) is 3.90. The highest BCUT2D eigenvalue weighted by Crippen LogP contribution is 2.27. The molecule has 11 heteroatoms. The Morgan fingerprint density at radius 2 is 2.03 bits per heavy atom. The molecule has 0 spiro atoms. The number of amides is 1. The van der Waals surface area contributed by atoms with Gasteiger partial charge in [0.1, 0.15) is 5.75 Å². The normalized spacial score (nSPS) is 13.8. The van der Waals surface area contributed by atoms with Gasteiger partial charge in [0.25, 0.3) is 0 Å². The van der Waals surface area contributed by atoms with Gasteiger partial charge >= 0.3 is 6.36 Å². The number of halogens is 4. The molecule has 0 bridgehead atoms. The lowest BCUT2D eigenvalue weighted by molar-refractivity contribution is -0.274. The Morgan fingerprint density at radius 3 is 2.77 bits per heavy atom. The highest BCUT2D eigenvalue weighted by molar-refractivity contribution is 14.0. The summed E-state index contributed by atoms with van der Waals surface area (Å²) in [7, 11) is 0. The molecule has 1 amide bonds. The van der Waals surface area contributed by atoms with E-state index in [0.29, 0.717) is 31.2 Å². The van der Waals surface area contributed by atoms with Crippen molar-refractivity contribution in [3.05, 3.63) is 51.7 Å². The number of aliphatic imine (C=N–C) groups is 1. The molecule has 31 heavy (non-hydrogen) atoms.